The molecule has 0 aliphatic rings. The first kappa shape index (κ1) is 19.4. The molecule has 3 rings (SSSR count). The van der Waals surface area contributed by atoms with Crippen LogP contribution in [0.25, 0.3) is 0 Å². The predicted octanol–water partition coefficient (Wildman–Crippen LogP) is 2.48. The number of hydrogen-bond acceptors (Lipinski definition) is 4. The molecule has 0 amide bonds. The van der Waals surface area contributed by atoms with Crippen molar-refractivity contribution in [3.05, 3.63) is 98.3 Å². The lowest BCUT2D eigenvalue weighted by Crippen LogP contribution is -2.99. The minimum absolute atomic E-state index is 0.138. The van der Waals surface area contributed by atoms with Crippen LogP contribution in [0, 0.1) is 8.78 Å². The fraction of sp³-hybridized carbons (Fsp3) is 0.100. The molecule has 0 aliphatic heterocycles. The second-order valence-corrected chi connectivity index (χ2v) is 7.12. The van der Waals surface area contributed by atoms with Gasteiger partial charge in [-0.1, -0.05) is 30.3 Å². The number of pyridine rings is 1. The number of rotatable bonds is 6. The number of carbonyl (C=O) groups excluding carboxylic acids is 1. The molecule has 0 bridgehead atoms. The van der Waals surface area contributed by atoms with Crippen LogP contribution in [0.15, 0.2) is 78.0 Å². The number of nitrogens with zero attached hydrogens (tertiary/aromatic N) is 2. The largest absolute Gasteiger partial charge is 0.595 e. The molecule has 7 heteroatoms. The molecule has 3 aromatic rings. The van der Waals surface area contributed by atoms with Crippen LogP contribution in [0.3, 0.4) is 0 Å². The maximum Gasteiger partial charge on any atom is 0.182 e. The summed E-state index contributed by atoms with van der Waals surface area (Å²) >= 11 is 1.95. The lowest BCUT2D eigenvalue weighted by Gasteiger charge is -2.14. The maximum absolute atomic E-state index is 12.5. The number of aromatic nitrogens is 1. The maximum atomic E-state index is 12.5. The van der Waals surface area contributed by atoms with Crippen molar-refractivity contribution in [1.82, 2.24) is 4.57 Å². The third kappa shape index (κ3) is 5.33. The Morgan fingerprint density at radius 2 is 1.81 bits per heavy atom. The van der Waals surface area contributed by atoms with Gasteiger partial charge in [0.1, 0.15) is 0 Å². The van der Waals surface area contributed by atoms with E-state index >= 15 is 0 Å². The number of quaternary nitrogens is 1. The average molecular weight is 475 g/mol. The molecular formula is C20H18IN3O3. The van der Waals surface area contributed by atoms with Gasteiger partial charge in [-0.25, -0.2) is 5.21 Å². The van der Waals surface area contributed by atoms with Gasteiger partial charge in [-0.3, -0.25) is 9.79 Å². The summed E-state index contributed by atoms with van der Waals surface area (Å²) in [6, 6.07) is 18.4. The zero-order valence-corrected chi connectivity index (χ0v) is 16.5. The Labute approximate surface area is 170 Å². The van der Waals surface area contributed by atoms with E-state index in [9.17, 15) is 15.2 Å². The monoisotopic (exact) mass is 475 g/mol. The van der Waals surface area contributed by atoms with Gasteiger partial charge in [0.05, 0.1) is 22.0 Å². The third-order valence-electron chi connectivity index (χ3n) is 4.01. The quantitative estimate of drug-likeness (QED) is 0.327. The molecule has 1 unspecified atom stereocenters. The number of nitrogens with one attached hydrogen (secondary N) is 1. The van der Waals surface area contributed by atoms with E-state index in [1.807, 2.05) is 65.1 Å². The molecule has 0 fully saturated rings. The average Bonchev–Trinajstić information content (AvgIpc) is 2.68. The van der Waals surface area contributed by atoms with Crippen LogP contribution in [-0.4, -0.2) is 15.6 Å². The molecule has 2 N–H and O–H groups in total. The highest BCUT2D eigenvalue weighted by Crippen LogP contribution is 2.16. The van der Waals surface area contributed by atoms with Gasteiger partial charge >= 0.3 is 0 Å². The van der Waals surface area contributed by atoms with Gasteiger partial charge in [-0.2, -0.15) is 5.23 Å². The number of carbonyl (C=O) groups is 1. The highest BCUT2D eigenvalue weighted by molar-refractivity contribution is 14.1. The molecule has 2 aromatic carbocycles. The van der Waals surface area contributed by atoms with Crippen molar-refractivity contribution in [2.75, 3.05) is 0 Å². The van der Waals surface area contributed by atoms with E-state index in [1.165, 1.54) is 6.07 Å². The lowest BCUT2D eigenvalue weighted by molar-refractivity contribution is -0.991. The van der Waals surface area contributed by atoms with E-state index in [-0.39, 0.29) is 18.0 Å². The molecule has 27 heavy (non-hydrogen) atoms. The minimum atomic E-state index is -1.04. The molecule has 0 radical (unpaired) electrons. The Bertz CT molecular complexity index is 980. The van der Waals surface area contributed by atoms with Crippen molar-refractivity contribution < 1.29 is 15.2 Å². The Morgan fingerprint density at radius 3 is 2.48 bits per heavy atom. The Balaban J connectivity index is 1.69. The third-order valence-corrected chi connectivity index (χ3v) is 4.95. The number of benzene rings is 2. The summed E-state index contributed by atoms with van der Waals surface area (Å²) < 4.78 is 2.36. The van der Waals surface area contributed by atoms with Gasteiger partial charge < -0.3 is 9.77 Å². The van der Waals surface area contributed by atoms with Crippen LogP contribution in [-0.2, 0) is 13.1 Å². The van der Waals surface area contributed by atoms with Crippen molar-refractivity contribution >= 4 is 34.1 Å². The van der Waals surface area contributed by atoms with Crippen molar-refractivity contribution in [2.24, 2.45) is 4.99 Å². The summed E-state index contributed by atoms with van der Waals surface area (Å²) in [7, 11) is 0. The molecule has 0 spiro atoms. The molecule has 0 aliphatic carbocycles. The zero-order chi connectivity index (χ0) is 19.2. The Morgan fingerprint density at radius 1 is 1.11 bits per heavy atom. The Kier molecular flexibility index (Phi) is 6.51. The zero-order valence-electron chi connectivity index (χ0n) is 14.4. The number of hydrogen-bond donors (Lipinski definition) is 2. The topological polar surface area (TPSA) is 82.1 Å². The highest BCUT2D eigenvalue weighted by Gasteiger charge is 2.13. The van der Waals surface area contributed by atoms with Gasteiger partial charge in [0.15, 0.2) is 11.5 Å². The SMILES string of the molecule is O=C(Cn1ccc(=NCc2ccccc2)cc1)c1ccc(I)c([NH+]([O-])O)c1. The number of ketones is 1. The molecule has 0 saturated carbocycles. The van der Waals surface area contributed by atoms with Crippen molar-refractivity contribution in [1.29, 1.82) is 0 Å². The molecule has 138 valence electrons. The van der Waals surface area contributed by atoms with Crippen LogP contribution in [0.1, 0.15) is 15.9 Å². The molecule has 1 aromatic heterocycles. The number of Topliss-reactive ketones (excluding diaryl/α,β-unsaturated/α-hetero) is 1. The second-order valence-electron chi connectivity index (χ2n) is 5.95. The van der Waals surface area contributed by atoms with Crippen molar-refractivity contribution in [3.8, 4) is 0 Å². The molecule has 1 atom stereocenters. The summed E-state index contributed by atoms with van der Waals surface area (Å²) in [6.07, 6.45) is 3.60. The molecule has 0 saturated heterocycles. The first-order valence-electron chi connectivity index (χ1n) is 8.29. The summed E-state index contributed by atoms with van der Waals surface area (Å²) in [4.78, 5) is 17.0. The summed E-state index contributed by atoms with van der Waals surface area (Å²) in [5.74, 6) is -0.145. The van der Waals surface area contributed by atoms with Crippen LogP contribution in [0.2, 0.25) is 0 Å². The van der Waals surface area contributed by atoms with E-state index in [0.717, 1.165) is 10.9 Å². The Hall–Kier alpha value is -2.33. The minimum Gasteiger partial charge on any atom is -0.595 e. The van der Waals surface area contributed by atoms with Gasteiger partial charge in [0.25, 0.3) is 0 Å². The van der Waals surface area contributed by atoms with Gasteiger partial charge in [0, 0.05) is 24.0 Å². The van der Waals surface area contributed by atoms with Crippen molar-refractivity contribution in [2.45, 2.75) is 13.1 Å². The smallest absolute Gasteiger partial charge is 0.182 e. The van der Waals surface area contributed by atoms with E-state index < -0.39 is 5.23 Å². The highest BCUT2D eigenvalue weighted by atomic mass is 127. The van der Waals surface area contributed by atoms with Crippen molar-refractivity contribution in [3.63, 3.8) is 0 Å². The van der Waals surface area contributed by atoms with Crippen LogP contribution in [0.5, 0.6) is 0 Å². The fourth-order valence-corrected chi connectivity index (χ4v) is 3.11. The van der Waals surface area contributed by atoms with Gasteiger partial charge in [0.2, 0.25) is 0 Å². The van der Waals surface area contributed by atoms with Gasteiger partial charge in [-0.15, -0.1) is 0 Å². The van der Waals surface area contributed by atoms with E-state index in [1.54, 1.807) is 29.1 Å². The van der Waals surface area contributed by atoms with Gasteiger partial charge in [-0.05, 0) is 52.4 Å². The van der Waals surface area contributed by atoms with E-state index in [2.05, 4.69) is 4.99 Å². The van der Waals surface area contributed by atoms with E-state index in [0.29, 0.717) is 15.7 Å². The molecule has 6 nitrogen and oxygen atoms in total. The second kappa shape index (κ2) is 9.05. The first-order chi connectivity index (χ1) is 13.0. The summed E-state index contributed by atoms with van der Waals surface area (Å²) in [5.41, 5.74) is 1.66. The standard InChI is InChI=1S/C20H18IN3O3/c21-18-7-6-16(12-19(18)24(26)27)20(25)14-23-10-8-17(9-11-23)22-13-15-4-2-1-3-5-15/h1-12,24,26H,13-14H2. The first-order valence-corrected chi connectivity index (χ1v) is 9.37. The lowest BCUT2D eigenvalue weighted by atomic mass is 10.1. The van der Waals surface area contributed by atoms with E-state index in [4.69, 9.17) is 0 Å². The van der Waals surface area contributed by atoms with Crippen LogP contribution >= 0.6 is 22.6 Å². The number of halogens is 1. The molecule has 1 heterocycles. The fourth-order valence-electron chi connectivity index (χ4n) is 2.55. The predicted molar refractivity (Wildman–Crippen MR) is 109 cm³/mol. The molecular weight excluding hydrogens is 457 g/mol. The summed E-state index contributed by atoms with van der Waals surface area (Å²) in [6.45, 7) is 0.739. The summed E-state index contributed by atoms with van der Waals surface area (Å²) in [5, 5.41) is 20.2. The normalized spacial score (nSPS) is 11.8. The van der Waals surface area contributed by atoms with Crippen LogP contribution < -0.4 is 10.6 Å². The van der Waals surface area contributed by atoms with Crippen LogP contribution in [0.4, 0.5) is 5.69 Å².